The molecule has 3 heteroatoms. The molecule has 0 bridgehead atoms. The van der Waals surface area contributed by atoms with E-state index in [1.54, 1.807) is 18.7 Å². The lowest BCUT2D eigenvalue weighted by Crippen LogP contribution is -2.35. The van der Waals surface area contributed by atoms with Crippen molar-refractivity contribution in [2.24, 2.45) is 10.9 Å². The van der Waals surface area contributed by atoms with E-state index in [1.165, 1.54) is 5.56 Å². The predicted octanol–water partition coefficient (Wildman–Crippen LogP) is 3.61. The third kappa shape index (κ3) is 3.15. The Hall–Kier alpha value is -0.800. The Balaban J connectivity index is 2.31. The van der Waals surface area contributed by atoms with Gasteiger partial charge in [0.2, 0.25) is 0 Å². The highest BCUT2D eigenvalue weighted by atomic mass is 32.2. The van der Waals surface area contributed by atoms with E-state index < -0.39 is 5.72 Å². The molecule has 98 valence electrons. The van der Waals surface area contributed by atoms with Gasteiger partial charge in [0.15, 0.2) is 5.72 Å². The first-order chi connectivity index (χ1) is 8.37. The zero-order chi connectivity index (χ0) is 13.3. The molecule has 18 heavy (non-hydrogen) atoms. The van der Waals surface area contributed by atoms with E-state index in [0.717, 1.165) is 17.0 Å². The van der Waals surface area contributed by atoms with E-state index >= 15 is 0 Å². The second-order valence-corrected chi connectivity index (χ2v) is 6.83. The SMILES string of the molecule is Cc1ccc(C2=NC(C)(O)CC(C(C)C)S2)cc1. The molecule has 0 fully saturated rings. The first-order valence-corrected chi connectivity index (χ1v) is 7.31. The number of hydrogen-bond donors (Lipinski definition) is 1. The minimum absolute atomic E-state index is 0.425. The summed E-state index contributed by atoms with van der Waals surface area (Å²) in [6.07, 6.45) is 0.727. The minimum atomic E-state index is -0.930. The van der Waals surface area contributed by atoms with Crippen molar-refractivity contribution in [2.45, 2.75) is 45.1 Å². The zero-order valence-electron chi connectivity index (χ0n) is 11.5. The summed E-state index contributed by atoms with van der Waals surface area (Å²) in [6.45, 7) is 8.28. The fourth-order valence-corrected chi connectivity index (χ4v) is 3.54. The lowest BCUT2D eigenvalue weighted by Gasteiger charge is -2.33. The van der Waals surface area contributed by atoms with Crippen LogP contribution >= 0.6 is 11.8 Å². The number of rotatable bonds is 2. The molecule has 0 aliphatic carbocycles. The average molecular weight is 263 g/mol. The van der Waals surface area contributed by atoms with Crippen LogP contribution in [0.1, 0.15) is 38.3 Å². The highest BCUT2D eigenvalue weighted by Gasteiger charge is 2.33. The van der Waals surface area contributed by atoms with E-state index in [0.29, 0.717) is 11.2 Å². The highest BCUT2D eigenvalue weighted by molar-refractivity contribution is 8.15. The van der Waals surface area contributed by atoms with Crippen LogP contribution in [0.4, 0.5) is 0 Å². The van der Waals surface area contributed by atoms with Gasteiger partial charge in [-0.15, -0.1) is 11.8 Å². The van der Waals surface area contributed by atoms with Gasteiger partial charge >= 0.3 is 0 Å². The van der Waals surface area contributed by atoms with Gasteiger partial charge in [0.1, 0.15) is 5.04 Å². The van der Waals surface area contributed by atoms with Crippen LogP contribution in [0.3, 0.4) is 0 Å². The fourth-order valence-electron chi connectivity index (χ4n) is 2.06. The van der Waals surface area contributed by atoms with Crippen molar-refractivity contribution in [1.82, 2.24) is 0 Å². The molecule has 0 saturated heterocycles. The summed E-state index contributed by atoms with van der Waals surface area (Å²) in [5.74, 6) is 0.539. The number of aryl methyl sites for hydroxylation is 1. The van der Waals surface area contributed by atoms with Crippen LogP contribution in [-0.2, 0) is 0 Å². The first-order valence-electron chi connectivity index (χ1n) is 6.43. The maximum Gasteiger partial charge on any atom is 0.155 e. The van der Waals surface area contributed by atoms with Crippen molar-refractivity contribution in [3.8, 4) is 0 Å². The predicted molar refractivity (Wildman–Crippen MR) is 79.2 cm³/mol. The molecule has 1 aliphatic heterocycles. The Morgan fingerprint density at radius 3 is 2.50 bits per heavy atom. The van der Waals surface area contributed by atoms with Crippen LogP contribution in [-0.4, -0.2) is 21.1 Å². The molecule has 1 N–H and O–H groups in total. The van der Waals surface area contributed by atoms with Crippen LogP contribution in [0.5, 0.6) is 0 Å². The first kappa shape index (κ1) is 13.6. The van der Waals surface area contributed by atoms with Gasteiger partial charge in [0.25, 0.3) is 0 Å². The zero-order valence-corrected chi connectivity index (χ0v) is 12.3. The van der Waals surface area contributed by atoms with E-state index in [9.17, 15) is 5.11 Å². The largest absolute Gasteiger partial charge is 0.369 e. The Kier molecular flexibility index (Phi) is 3.83. The summed E-state index contributed by atoms with van der Waals surface area (Å²) < 4.78 is 0. The number of nitrogens with zero attached hydrogens (tertiary/aromatic N) is 1. The van der Waals surface area contributed by atoms with Gasteiger partial charge in [-0.2, -0.15) is 0 Å². The molecule has 1 aromatic carbocycles. The second kappa shape index (κ2) is 5.06. The molecule has 2 rings (SSSR count). The molecule has 0 amide bonds. The van der Waals surface area contributed by atoms with E-state index in [4.69, 9.17) is 0 Å². The smallest absolute Gasteiger partial charge is 0.155 e. The fraction of sp³-hybridized carbons (Fsp3) is 0.533. The van der Waals surface area contributed by atoms with Crippen molar-refractivity contribution in [1.29, 1.82) is 0 Å². The average Bonchev–Trinajstić information content (AvgIpc) is 2.27. The van der Waals surface area contributed by atoms with Crippen molar-refractivity contribution >= 4 is 16.8 Å². The second-order valence-electron chi connectivity index (χ2n) is 5.60. The van der Waals surface area contributed by atoms with Crippen LogP contribution in [0.25, 0.3) is 0 Å². The quantitative estimate of drug-likeness (QED) is 0.884. The van der Waals surface area contributed by atoms with Gasteiger partial charge in [-0.05, 0) is 19.8 Å². The monoisotopic (exact) mass is 263 g/mol. The molecule has 2 nitrogen and oxygen atoms in total. The van der Waals surface area contributed by atoms with Crippen molar-refractivity contribution in [2.75, 3.05) is 0 Å². The van der Waals surface area contributed by atoms with Crippen LogP contribution in [0.2, 0.25) is 0 Å². The van der Waals surface area contributed by atoms with Crippen LogP contribution < -0.4 is 0 Å². The summed E-state index contributed by atoms with van der Waals surface area (Å²) in [4.78, 5) is 4.48. The van der Waals surface area contributed by atoms with Crippen LogP contribution in [0.15, 0.2) is 29.3 Å². The van der Waals surface area contributed by atoms with Gasteiger partial charge in [0.05, 0.1) is 0 Å². The van der Waals surface area contributed by atoms with Crippen molar-refractivity contribution < 1.29 is 5.11 Å². The molecule has 0 spiro atoms. The summed E-state index contributed by atoms with van der Waals surface area (Å²) in [5.41, 5.74) is 1.42. The van der Waals surface area contributed by atoms with Gasteiger partial charge in [-0.1, -0.05) is 43.7 Å². The maximum atomic E-state index is 10.3. The van der Waals surface area contributed by atoms with E-state index in [2.05, 4.69) is 50.0 Å². The topological polar surface area (TPSA) is 32.6 Å². The number of aliphatic hydroxyl groups is 1. The lowest BCUT2D eigenvalue weighted by atomic mass is 10.0. The molecule has 0 radical (unpaired) electrons. The molecule has 1 aliphatic rings. The molecule has 1 aromatic rings. The minimum Gasteiger partial charge on any atom is -0.369 e. The molecular weight excluding hydrogens is 242 g/mol. The molecule has 1 heterocycles. The Morgan fingerprint density at radius 1 is 1.33 bits per heavy atom. The molecule has 0 saturated carbocycles. The summed E-state index contributed by atoms with van der Waals surface area (Å²) in [5, 5.41) is 11.7. The number of benzene rings is 1. The summed E-state index contributed by atoms with van der Waals surface area (Å²) in [6, 6.07) is 8.35. The van der Waals surface area contributed by atoms with Crippen LogP contribution in [0, 0.1) is 12.8 Å². The van der Waals surface area contributed by atoms with Crippen molar-refractivity contribution in [3.63, 3.8) is 0 Å². The number of hydrogen-bond acceptors (Lipinski definition) is 3. The van der Waals surface area contributed by atoms with Gasteiger partial charge in [-0.25, -0.2) is 4.99 Å². The van der Waals surface area contributed by atoms with Gasteiger partial charge in [0, 0.05) is 17.2 Å². The van der Waals surface area contributed by atoms with Crippen molar-refractivity contribution in [3.05, 3.63) is 35.4 Å². The highest BCUT2D eigenvalue weighted by Crippen LogP contribution is 2.37. The molecule has 2 atom stereocenters. The van der Waals surface area contributed by atoms with Gasteiger partial charge in [-0.3, -0.25) is 0 Å². The number of aliphatic imine (C=N–C) groups is 1. The lowest BCUT2D eigenvalue weighted by molar-refractivity contribution is 0.0560. The third-order valence-corrected chi connectivity index (χ3v) is 4.80. The number of thioether (sulfide) groups is 1. The standard InChI is InChI=1S/C15H21NOS/c1-10(2)13-9-15(4,17)16-14(18-13)12-7-5-11(3)6-8-12/h5-8,10,13,17H,9H2,1-4H3. The third-order valence-electron chi connectivity index (χ3n) is 3.24. The Labute approximate surface area is 114 Å². The normalized spacial score (nSPS) is 28.3. The maximum absolute atomic E-state index is 10.3. The molecule has 0 aromatic heterocycles. The Morgan fingerprint density at radius 2 is 1.94 bits per heavy atom. The van der Waals surface area contributed by atoms with Gasteiger partial charge < -0.3 is 5.11 Å². The van der Waals surface area contributed by atoms with E-state index in [1.807, 2.05) is 0 Å². The summed E-state index contributed by atoms with van der Waals surface area (Å²) in [7, 11) is 0. The molecule has 2 unspecified atom stereocenters. The van der Waals surface area contributed by atoms with E-state index in [-0.39, 0.29) is 0 Å². The molecular formula is C15H21NOS. The Bertz CT molecular complexity index is 448. The summed E-state index contributed by atoms with van der Waals surface area (Å²) >= 11 is 1.79.